The summed E-state index contributed by atoms with van der Waals surface area (Å²) in [5.74, 6) is 0.920. The van der Waals surface area contributed by atoms with Crippen molar-refractivity contribution in [3.8, 4) is 0 Å². The fraction of sp³-hybridized carbons (Fsp3) is 1.00. The van der Waals surface area contributed by atoms with Crippen LogP contribution in [0.15, 0.2) is 0 Å². The first-order chi connectivity index (χ1) is 10.1. The summed E-state index contributed by atoms with van der Waals surface area (Å²) in [4.78, 5) is 0. The largest absolute Gasteiger partial charge is 0.330 e. The topological polar surface area (TPSA) is 26.0 Å². The van der Waals surface area contributed by atoms with E-state index in [0.29, 0.717) is 5.41 Å². The Morgan fingerprint density at radius 3 is 2.00 bits per heavy atom. The first-order valence-electron chi connectivity index (χ1n) is 9.84. The van der Waals surface area contributed by atoms with Crippen molar-refractivity contribution in [2.45, 2.75) is 111 Å². The van der Waals surface area contributed by atoms with Crippen LogP contribution < -0.4 is 5.73 Å². The summed E-state index contributed by atoms with van der Waals surface area (Å²) in [6.45, 7) is 10.4. The lowest BCUT2D eigenvalue weighted by molar-refractivity contribution is 0.191. The summed E-state index contributed by atoms with van der Waals surface area (Å²) in [7, 11) is 0. The Morgan fingerprint density at radius 2 is 1.43 bits per heavy atom. The summed E-state index contributed by atoms with van der Waals surface area (Å²) in [6.07, 6.45) is 18.0. The maximum absolute atomic E-state index is 5.61. The summed E-state index contributed by atoms with van der Waals surface area (Å²) >= 11 is 0. The SMILES string of the molecule is CCCCCCC(C)CCC(CC)(CC)CCCCCN. The van der Waals surface area contributed by atoms with Gasteiger partial charge in [0.2, 0.25) is 0 Å². The molecule has 0 bridgehead atoms. The third kappa shape index (κ3) is 10.3. The average Bonchev–Trinajstić information content (AvgIpc) is 2.51. The molecule has 0 aliphatic heterocycles. The Kier molecular flexibility index (Phi) is 13.6. The van der Waals surface area contributed by atoms with Crippen molar-refractivity contribution >= 4 is 0 Å². The molecule has 0 spiro atoms. The molecular formula is C20H43N. The van der Waals surface area contributed by atoms with E-state index in [-0.39, 0.29) is 0 Å². The molecule has 128 valence electrons. The van der Waals surface area contributed by atoms with Crippen molar-refractivity contribution in [2.24, 2.45) is 17.1 Å². The molecule has 0 heterocycles. The monoisotopic (exact) mass is 297 g/mol. The van der Waals surface area contributed by atoms with Crippen molar-refractivity contribution in [3.05, 3.63) is 0 Å². The first kappa shape index (κ1) is 21.0. The van der Waals surface area contributed by atoms with Crippen molar-refractivity contribution in [2.75, 3.05) is 6.54 Å². The van der Waals surface area contributed by atoms with Crippen LogP contribution in [0.25, 0.3) is 0 Å². The maximum Gasteiger partial charge on any atom is -0.00773 e. The van der Waals surface area contributed by atoms with E-state index in [1.165, 1.54) is 83.5 Å². The van der Waals surface area contributed by atoms with Crippen molar-refractivity contribution in [3.63, 3.8) is 0 Å². The van der Waals surface area contributed by atoms with E-state index in [9.17, 15) is 0 Å². The normalized spacial score (nSPS) is 13.6. The third-order valence-corrected chi connectivity index (χ3v) is 5.63. The van der Waals surface area contributed by atoms with Crippen molar-refractivity contribution in [1.82, 2.24) is 0 Å². The van der Waals surface area contributed by atoms with Crippen LogP contribution in [0.2, 0.25) is 0 Å². The number of nitrogens with two attached hydrogens (primary N) is 1. The van der Waals surface area contributed by atoms with E-state index < -0.39 is 0 Å². The molecule has 1 atom stereocenters. The minimum atomic E-state index is 0.617. The Hall–Kier alpha value is -0.0400. The van der Waals surface area contributed by atoms with Gasteiger partial charge in [0, 0.05) is 0 Å². The van der Waals surface area contributed by atoms with Gasteiger partial charge in [-0.15, -0.1) is 0 Å². The molecule has 0 saturated carbocycles. The van der Waals surface area contributed by atoms with Gasteiger partial charge < -0.3 is 5.73 Å². The molecule has 0 aliphatic rings. The van der Waals surface area contributed by atoms with Crippen LogP contribution in [0.3, 0.4) is 0 Å². The van der Waals surface area contributed by atoms with Gasteiger partial charge >= 0.3 is 0 Å². The van der Waals surface area contributed by atoms with Crippen molar-refractivity contribution < 1.29 is 0 Å². The Morgan fingerprint density at radius 1 is 0.762 bits per heavy atom. The second kappa shape index (κ2) is 13.6. The van der Waals surface area contributed by atoms with Gasteiger partial charge in [0.25, 0.3) is 0 Å². The van der Waals surface area contributed by atoms with Crippen LogP contribution in [0.5, 0.6) is 0 Å². The highest BCUT2D eigenvalue weighted by atomic mass is 14.5. The second-order valence-electron chi connectivity index (χ2n) is 7.30. The molecule has 0 aromatic carbocycles. The standard InChI is InChI=1S/C20H43N/c1-5-8-9-11-14-19(4)15-17-20(6-2,7-3)16-12-10-13-18-21/h19H,5-18,21H2,1-4H3. The maximum atomic E-state index is 5.61. The summed E-state index contributed by atoms with van der Waals surface area (Å²) < 4.78 is 0. The lowest BCUT2D eigenvalue weighted by Crippen LogP contribution is -2.20. The molecule has 0 radical (unpaired) electrons. The quantitative estimate of drug-likeness (QED) is 0.334. The average molecular weight is 298 g/mol. The Balaban J connectivity index is 3.99. The smallest absolute Gasteiger partial charge is 0.00773 e. The van der Waals surface area contributed by atoms with Crippen molar-refractivity contribution in [1.29, 1.82) is 0 Å². The molecule has 1 unspecified atom stereocenters. The minimum absolute atomic E-state index is 0.617. The zero-order valence-corrected chi connectivity index (χ0v) is 15.6. The molecule has 0 aliphatic carbocycles. The van der Waals surface area contributed by atoms with E-state index in [1.54, 1.807) is 0 Å². The molecule has 1 heteroatoms. The highest BCUT2D eigenvalue weighted by Gasteiger charge is 2.25. The predicted octanol–water partition coefficient (Wildman–Crippen LogP) is 6.70. The molecule has 0 aromatic heterocycles. The highest BCUT2D eigenvalue weighted by Crippen LogP contribution is 2.39. The van der Waals surface area contributed by atoms with E-state index in [0.717, 1.165) is 12.5 Å². The molecule has 0 saturated heterocycles. The van der Waals surface area contributed by atoms with E-state index >= 15 is 0 Å². The number of hydrogen-bond acceptors (Lipinski definition) is 1. The number of unbranched alkanes of at least 4 members (excludes halogenated alkanes) is 5. The molecule has 0 aromatic rings. The summed E-state index contributed by atoms with van der Waals surface area (Å²) in [5, 5.41) is 0. The van der Waals surface area contributed by atoms with E-state index in [4.69, 9.17) is 5.73 Å². The number of rotatable bonds is 15. The van der Waals surface area contributed by atoms with Gasteiger partial charge in [-0.3, -0.25) is 0 Å². The molecular weight excluding hydrogens is 254 g/mol. The van der Waals surface area contributed by atoms with Gasteiger partial charge in [-0.25, -0.2) is 0 Å². The second-order valence-corrected chi connectivity index (χ2v) is 7.30. The van der Waals surface area contributed by atoms with Crippen LogP contribution in [0.1, 0.15) is 111 Å². The zero-order chi connectivity index (χ0) is 16.0. The lowest BCUT2D eigenvalue weighted by Gasteiger charge is -2.33. The predicted molar refractivity (Wildman–Crippen MR) is 97.7 cm³/mol. The van der Waals surface area contributed by atoms with Gasteiger partial charge in [0.1, 0.15) is 0 Å². The van der Waals surface area contributed by atoms with E-state index in [1.807, 2.05) is 0 Å². The van der Waals surface area contributed by atoms with Gasteiger partial charge in [0.05, 0.1) is 0 Å². The van der Waals surface area contributed by atoms with Crippen LogP contribution in [0.4, 0.5) is 0 Å². The van der Waals surface area contributed by atoms with Crippen LogP contribution >= 0.6 is 0 Å². The molecule has 0 fully saturated rings. The lowest BCUT2D eigenvalue weighted by atomic mass is 9.73. The van der Waals surface area contributed by atoms with Gasteiger partial charge in [-0.2, -0.15) is 0 Å². The van der Waals surface area contributed by atoms with Crippen LogP contribution in [-0.4, -0.2) is 6.54 Å². The minimum Gasteiger partial charge on any atom is -0.330 e. The molecule has 2 N–H and O–H groups in total. The van der Waals surface area contributed by atoms with Gasteiger partial charge in [0.15, 0.2) is 0 Å². The van der Waals surface area contributed by atoms with E-state index in [2.05, 4.69) is 27.7 Å². The summed E-state index contributed by atoms with van der Waals surface area (Å²) in [6, 6.07) is 0. The zero-order valence-electron chi connectivity index (χ0n) is 15.6. The molecule has 0 amide bonds. The Bertz CT molecular complexity index is 208. The van der Waals surface area contributed by atoms with Gasteiger partial charge in [-0.05, 0) is 37.1 Å². The highest BCUT2D eigenvalue weighted by molar-refractivity contribution is 4.77. The van der Waals surface area contributed by atoms with Crippen LogP contribution in [0, 0.1) is 11.3 Å². The fourth-order valence-electron chi connectivity index (χ4n) is 3.52. The molecule has 0 rings (SSSR count). The molecule has 21 heavy (non-hydrogen) atoms. The van der Waals surface area contributed by atoms with Gasteiger partial charge in [-0.1, -0.05) is 91.9 Å². The summed E-state index contributed by atoms with van der Waals surface area (Å²) in [5.41, 5.74) is 6.23. The Labute approximate surface area is 135 Å². The first-order valence-corrected chi connectivity index (χ1v) is 9.84. The number of hydrogen-bond donors (Lipinski definition) is 1. The molecule has 1 nitrogen and oxygen atoms in total. The fourth-order valence-corrected chi connectivity index (χ4v) is 3.52. The van der Waals surface area contributed by atoms with Crippen LogP contribution in [-0.2, 0) is 0 Å². The third-order valence-electron chi connectivity index (χ3n) is 5.63.